The minimum absolute atomic E-state index is 0.0818. The Hall–Kier alpha value is -3.89. The van der Waals surface area contributed by atoms with Gasteiger partial charge in [0.1, 0.15) is 5.56 Å². The number of anilines is 1. The van der Waals surface area contributed by atoms with Crippen LogP contribution in [0.3, 0.4) is 0 Å². The van der Waals surface area contributed by atoms with E-state index < -0.39 is 45.0 Å². The Morgan fingerprint density at radius 3 is 2.33 bits per heavy atom. The molecule has 0 fully saturated rings. The number of esters is 1. The molecule has 1 unspecified atom stereocenters. The number of carbonyl (C=O) groups is 2. The summed E-state index contributed by atoms with van der Waals surface area (Å²) in [7, 11) is 0. The molecule has 10 nitrogen and oxygen atoms in total. The molecule has 2 rings (SSSR count). The van der Waals surface area contributed by atoms with Crippen LogP contribution in [0.4, 0.5) is 21.5 Å². The van der Waals surface area contributed by atoms with Crippen LogP contribution in [0.5, 0.6) is 0 Å². The number of para-hydroxylation sites is 1. The number of nitro groups is 2. The molecule has 0 aliphatic heterocycles. The lowest BCUT2D eigenvalue weighted by Crippen LogP contribution is -2.30. The Balaban J connectivity index is 2.10. The topological polar surface area (TPSA) is 142 Å². The number of nitrogens with zero attached hydrogens (tertiary/aromatic N) is 2. The van der Waals surface area contributed by atoms with Gasteiger partial charge in [-0.3, -0.25) is 25.0 Å². The van der Waals surface area contributed by atoms with Gasteiger partial charge in [-0.05, 0) is 25.1 Å². The number of rotatable bonds is 6. The molecule has 1 N–H and O–H groups in total. The number of halogens is 1. The van der Waals surface area contributed by atoms with E-state index in [1.165, 1.54) is 25.1 Å². The van der Waals surface area contributed by atoms with Crippen LogP contribution in [0.25, 0.3) is 0 Å². The van der Waals surface area contributed by atoms with Crippen LogP contribution in [0.15, 0.2) is 42.5 Å². The SMILES string of the molecule is CC(OC(=O)c1ccccc1[N+](=O)[O-])C(=O)Nc1ccc(F)c([N+](=O)[O-])c1. The van der Waals surface area contributed by atoms with Crippen molar-refractivity contribution in [2.24, 2.45) is 0 Å². The molecule has 140 valence electrons. The monoisotopic (exact) mass is 377 g/mol. The van der Waals surface area contributed by atoms with Gasteiger partial charge in [-0.2, -0.15) is 4.39 Å². The van der Waals surface area contributed by atoms with E-state index in [-0.39, 0.29) is 11.3 Å². The highest BCUT2D eigenvalue weighted by Crippen LogP contribution is 2.22. The van der Waals surface area contributed by atoms with Crippen LogP contribution in [0, 0.1) is 26.0 Å². The summed E-state index contributed by atoms with van der Waals surface area (Å²) in [6.07, 6.45) is -1.37. The van der Waals surface area contributed by atoms with E-state index in [1.807, 2.05) is 0 Å². The van der Waals surface area contributed by atoms with Crippen LogP contribution < -0.4 is 5.32 Å². The summed E-state index contributed by atoms with van der Waals surface area (Å²) < 4.78 is 18.2. The van der Waals surface area contributed by atoms with Gasteiger partial charge in [-0.1, -0.05) is 12.1 Å². The van der Waals surface area contributed by atoms with Crippen molar-refractivity contribution in [2.75, 3.05) is 5.32 Å². The van der Waals surface area contributed by atoms with Gasteiger partial charge in [0.05, 0.1) is 9.85 Å². The molecule has 0 spiro atoms. The first-order valence-electron chi connectivity index (χ1n) is 7.40. The number of nitro benzene ring substituents is 2. The average molecular weight is 377 g/mol. The lowest BCUT2D eigenvalue weighted by molar-refractivity contribution is -0.387. The zero-order valence-electron chi connectivity index (χ0n) is 13.7. The zero-order valence-corrected chi connectivity index (χ0v) is 13.7. The van der Waals surface area contributed by atoms with Crippen molar-refractivity contribution in [2.45, 2.75) is 13.0 Å². The molecule has 27 heavy (non-hydrogen) atoms. The molecule has 0 saturated heterocycles. The van der Waals surface area contributed by atoms with Crippen LogP contribution in [0.1, 0.15) is 17.3 Å². The van der Waals surface area contributed by atoms with Crippen molar-refractivity contribution < 1.29 is 28.6 Å². The zero-order chi connectivity index (χ0) is 20.1. The molecule has 1 atom stereocenters. The van der Waals surface area contributed by atoms with Gasteiger partial charge in [0.15, 0.2) is 6.10 Å². The van der Waals surface area contributed by atoms with Crippen molar-refractivity contribution in [3.63, 3.8) is 0 Å². The molecule has 2 aromatic rings. The average Bonchev–Trinajstić information content (AvgIpc) is 2.62. The Bertz CT molecular complexity index is 932. The van der Waals surface area contributed by atoms with Gasteiger partial charge < -0.3 is 10.1 Å². The van der Waals surface area contributed by atoms with Crippen LogP contribution in [-0.4, -0.2) is 27.8 Å². The third kappa shape index (κ3) is 4.60. The normalized spacial score (nSPS) is 11.3. The van der Waals surface area contributed by atoms with Gasteiger partial charge in [0, 0.05) is 17.8 Å². The summed E-state index contributed by atoms with van der Waals surface area (Å²) in [6.45, 7) is 1.21. The minimum Gasteiger partial charge on any atom is -0.449 e. The van der Waals surface area contributed by atoms with Crippen LogP contribution in [0.2, 0.25) is 0 Å². The van der Waals surface area contributed by atoms with E-state index in [0.29, 0.717) is 0 Å². The van der Waals surface area contributed by atoms with Gasteiger partial charge in [0.25, 0.3) is 11.6 Å². The van der Waals surface area contributed by atoms with E-state index in [0.717, 1.165) is 24.3 Å². The summed E-state index contributed by atoms with van der Waals surface area (Å²) in [5.74, 6) is -3.02. The maximum atomic E-state index is 13.3. The molecular weight excluding hydrogens is 365 g/mol. The van der Waals surface area contributed by atoms with E-state index in [1.54, 1.807) is 0 Å². The van der Waals surface area contributed by atoms with Crippen LogP contribution in [-0.2, 0) is 9.53 Å². The first-order chi connectivity index (χ1) is 12.7. The number of amides is 1. The van der Waals surface area contributed by atoms with E-state index in [2.05, 4.69) is 5.32 Å². The Labute approximate surface area is 150 Å². The van der Waals surface area contributed by atoms with Crippen molar-refractivity contribution in [1.82, 2.24) is 0 Å². The Morgan fingerprint density at radius 1 is 1.07 bits per heavy atom. The summed E-state index contributed by atoms with van der Waals surface area (Å²) in [6, 6.07) is 7.75. The summed E-state index contributed by atoms with van der Waals surface area (Å²) in [5, 5.41) is 23.9. The Morgan fingerprint density at radius 2 is 1.70 bits per heavy atom. The highest BCUT2D eigenvalue weighted by molar-refractivity contribution is 5.99. The predicted octanol–water partition coefficient (Wildman–Crippen LogP) is 2.83. The third-order valence-electron chi connectivity index (χ3n) is 3.38. The molecule has 0 aliphatic carbocycles. The van der Waals surface area contributed by atoms with Crippen molar-refractivity contribution >= 4 is 28.9 Å². The number of carbonyl (C=O) groups excluding carboxylic acids is 2. The highest BCUT2D eigenvalue weighted by Gasteiger charge is 2.25. The number of ether oxygens (including phenoxy) is 1. The number of nitrogens with one attached hydrogen (secondary N) is 1. The van der Waals surface area contributed by atoms with E-state index >= 15 is 0 Å². The van der Waals surface area contributed by atoms with Gasteiger partial charge in [0.2, 0.25) is 5.82 Å². The number of hydrogen-bond donors (Lipinski definition) is 1. The van der Waals surface area contributed by atoms with Gasteiger partial charge >= 0.3 is 11.7 Å². The minimum atomic E-state index is -1.37. The van der Waals surface area contributed by atoms with E-state index in [9.17, 15) is 34.2 Å². The van der Waals surface area contributed by atoms with Gasteiger partial charge in [-0.25, -0.2) is 4.79 Å². The van der Waals surface area contributed by atoms with Crippen molar-refractivity contribution in [1.29, 1.82) is 0 Å². The fourth-order valence-electron chi connectivity index (χ4n) is 2.06. The maximum Gasteiger partial charge on any atom is 0.345 e. The first kappa shape index (κ1) is 19.4. The Kier molecular flexibility index (Phi) is 5.75. The molecule has 11 heteroatoms. The van der Waals surface area contributed by atoms with Crippen molar-refractivity contribution in [3.8, 4) is 0 Å². The number of benzene rings is 2. The second-order valence-electron chi connectivity index (χ2n) is 5.23. The standard InChI is InChI=1S/C16H12FN3O7/c1-9(27-16(22)11-4-2-3-5-13(11)19(23)24)15(21)18-10-6-7-12(17)14(8-10)20(25)26/h2-9H,1H3,(H,18,21). The fourth-order valence-corrected chi connectivity index (χ4v) is 2.06. The van der Waals surface area contributed by atoms with E-state index in [4.69, 9.17) is 4.74 Å². The molecule has 2 aromatic carbocycles. The second-order valence-corrected chi connectivity index (χ2v) is 5.23. The lowest BCUT2D eigenvalue weighted by atomic mass is 10.2. The molecule has 0 heterocycles. The molecule has 0 saturated carbocycles. The second kappa shape index (κ2) is 7.99. The maximum absolute atomic E-state index is 13.3. The summed E-state index contributed by atoms with van der Waals surface area (Å²) >= 11 is 0. The smallest absolute Gasteiger partial charge is 0.345 e. The molecule has 1 amide bonds. The lowest BCUT2D eigenvalue weighted by Gasteiger charge is -2.13. The summed E-state index contributed by atoms with van der Waals surface area (Å²) in [4.78, 5) is 44.1. The molecule has 0 radical (unpaired) electrons. The molecule has 0 bridgehead atoms. The largest absolute Gasteiger partial charge is 0.449 e. The van der Waals surface area contributed by atoms with Crippen molar-refractivity contribution in [3.05, 3.63) is 74.1 Å². The quantitative estimate of drug-likeness (QED) is 0.463. The first-order valence-corrected chi connectivity index (χ1v) is 7.40. The predicted molar refractivity (Wildman–Crippen MR) is 89.7 cm³/mol. The third-order valence-corrected chi connectivity index (χ3v) is 3.38. The van der Waals surface area contributed by atoms with Gasteiger partial charge in [-0.15, -0.1) is 0 Å². The molecular formula is C16H12FN3O7. The summed E-state index contributed by atoms with van der Waals surface area (Å²) in [5.41, 5.74) is -1.73. The highest BCUT2D eigenvalue weighted by atomic mass is 19.1. The molecule has 0 aromatic heterocycles. The number of hydrogen-bond acceptors (Lipinski definition) is 7. The fraction of sp³-hybridized carbons (Fsp3) is 0.125. The molecule has 0 aliphatic rings. The van der Waals surface area contributed by atoms with Crippen LogP contribution >= 0.6 is 0 Å².